The van der Waals surface area contributed by atoms with Crippen molar-refractivity contribution in [1.82, 2.24) is 20.9 Å². The Morgan fingerprint density at radius 1 is 1.29 bits per heavy atom. The van der Waals surface area contributed by atoms with E-state index in [0.29, 0.717) is 11.7 Å². The molecule has 6 heteroatoms. The Balaban J connectivity index is 1.60. The Morgan fingerprint density at radius 2 is 2.04 bits per heavy atom. The predicted octanol–water partition coefficient (Wildman–Crippen LogP) is 2.78. The lowest BCUT2D eigenvalue weighted by atomic mass is 9.82. The predicted molar refractivity (Wildman–Crippen MR) is 103 cm³/mol. The van der Waals surface area contributed by atoms with E-state index in [1.807, 2.05) is 4.90 Å². The number of hydrogen-bond acceptors (Lipinski definition) is 2. The maximum Gasteiger partial charge on any atom is 0.317 e. The second-order valence-corrected chi connectivity index (χ2v) is 8.24. The maximum atomic E-state index is 12.3. The van der Waals surface area contributed by atoms with Crippen molar-refractivity contribution in [3.8, 4) is 0 Å². The molecule has 0 aromatic heterocycles. The number of hydrogen-bond donors (Lipinski definition) is 3. The minimum absolute atomic E-state index is 0.0295. The minimum Gasteiger partial charge on any atom is -0.363 e. The monoisotopic (exact) mass is 352 g/mol. The summed E-state index contributed by atoms with van der Waals surface area (Å²) in [6.07, 6.45) is 8.11. The summed E-state index contributed by atoms with van der Waals surface area (Å²) >= 11 is 5.24. The lowest BCUT2D eigenvalue weighted by molar-refractivity contribution is 0.186. The van der Waals surface area contributed by atoms with Crippen molar-refractivity contribution in [2.24, 2.45) is 5.92 Å². The van der Waals surface area contributed by atoms with Gasteiger partial charge >= 0.3 is 6.03 Å². The van der Waals surface area contributed by atoms with Crippen LogP contribution in [0.3, 0.4) is 0 Å². The van der Waals surface area contributed by atoms with Crippen molar-refractivity contribution in [2.75, 3.05) is 26.2 Å². The third-order valence-corrected chi connectivity index (χ3v) is 4.75. The van der Waals surface area contributed by atoms with Gasteiger partial charge in [0.25, 0.3) is 0 Å². The Kier molecular flexibility index (Phi) is 6.90. The van der Waals surface area contributed by atoms with E-state index in [0.717, 1.165) is 38.4 Å². The molecule has 2 aliphatic rings. The SMILES string of the molecule is CC(C)(C)NC(=S)NCCCNC(=O)N1CCC2CCCC=C2C1. The number of nitrogens with zero attached hydrogens (tertiary/aromatic N) is 1. The first-order valence-corrected chi connectivity index (χ1v) is 9.54. The molecule has 0 bridgehead atoms. The molecule has 0 saturated carbocycles. The van der Waals surface area contributed by atoms with E-state index in [9.17, 15) is 4.79 Å². The van der Waals surface area contributed by atoms with E-state index in [-0.39, 0.29) is 11.6 Å². The number of urea groups is 1. The van der Waals surface area contributed by atoms with Gasteiger partial charge in [0.2, 0.25) is 0 Å². The van der Waals surface area contributed by atoms with Gasteiger partial charge in [-0.05, 0) is 71.0 Å². The fraction of sp³-hybridized carbons (Fsp3) is 0.778. The van der Waals surface area contributed by atoms with Gasteiger partial charge < -0.3 is 20.9 Å². The number of fused-ring (bicyclic) bond motifs is 1. The summed E-state index contributed by atoms with van der Waals surface area (Å²) in [5.74, 6) is 0.725. The van der Waals surface area contributed by atoms with Gasteiger partial charge in [-0.2, -0.15) is 0 Å². The Morgan fingerprint density at radius 3 is 2.79 bits per heavy atom. The molecular formula is C18H32N4OS. The molecule has 1 aliphatic carbocycles. The van der Waals surface area contributed by atoms with Crippen molar-refractivity contribution in [3.63, 3.8) is 0 Å². The Bertz CT molecular complexity index is 484. The second kappa shape index (κ2) is 8.70. The molecule has 24 heavy (non-hydrogen) atoms. The first kappa shape index (κ1) is 19.0. The summed E-state index contributed by atoms with van der Waals surface area (Å²) < 4.78 is 0. The normalized spacial score (nSPS) is 20.7. The zero-order valence-electron chi connectivity index (χ0n) is 15.3. The molecule has 5 nitrogen and oxygen atoms in total. The van der Waals surface area contributed by atoms with Crippen molar-refractivity contribution in [2.45, 2.75) is 58.4 Å². The molecule has 1 saturated heterocycles. The summed E-state index contributed by atoms with van der Waals surface area (Å²) in [6.45, 7) is 9.35. The van der Waals surface area contributed by atoms with Gasteiger partial charge in [-0.15, -0.1) is 0 Å². The van der Waals surface area contributed by atoms with Gasteiger partial charge in [-0.3, -0.25) is 0 Å². The summed E-state index contributed by atoms with van der Waals surface area (Å²) in [5.41, 5.74) is 1.45. The Labute approximate surface area is 151 Å². The Hall–Kier alpha value is -1.30. The fourth-order valence-corrected chi connectivity index (χ4v) is 3.70. The highest BCUT2D eigenvalue weighted by atomic mass is 32.1. The van der Waals surface area contributed by atoms with Crippen LogP contribution in [0.25, 0.3) is 0 Å². The summed E-state index contributed by atoms with van der Waals surface area (Å²) in [7, 11) is 0. The quantitative estimate of drug-likeness (QED) is 0.414. The third kappa shape index (κ3) is 6.30. The zero-order valence-corrected chi connectivity index (χ0v) is 16.1. The van der Waals surface area contributed by atoms with Gasteiger partial charge in [-0.1, -0.05) is 11.6 Å². The largest absolute Gasteiger partial charge is 0.363 e. The van der Waals surface area contributed by atoms with Crippen LogP contribution < -0.4 is 16.0 Å². The van der Waals surface area contributed by atoms with Crippen molar-refractivity contribution < 1.29 is 4.79 Å². The molecule has 0 radical (unpaired) electrons. The first-order valence-electron chi connectivity index (χ1n) is 9.13. The smallest absolute Gasteiger partial charge is 0.317 e. The number of allylic oxidation sites excluding steroid dienone is 1. The van der Waals surface area contributed by atoms with Crippen LogP contribution in [0, 0.1) is 5.92 Å². The topological polar surface area (TPSA) is 56.4 Å². The van der Waals surface area contributed by atoms with Crippen LogP contribution in [0.2, 0.25) is 0 Å². The molecule has 2 amide bonds. The molecule has 1 unspecified atom stereocenters. The zero-order chi connectivity index (χ0) is 17.6. The van der Waals surface area contributed by atoms with Crippen LogP contribution in [-0.4, -0.2) is 47.8 Å². The third-order valence-electron chi connectivity index (χ3n) is 4.50. The van der Waals surface area contributed by atoms with Gasteiger partial charge in [0.15, 0.2) is 5.11 Å². The van der Waals surface area contributed by atoms with Gasteiger partial charge in [0.1, 0.15) is 0 Å². The van der Waals surface area contributed by atoms with Crippen LogP contribution in [0.15, 0.2) is 11.6 Å². The fourth-order valence-electron chi connectivity index (χ4n) is 3.29. The number of likely N-dealkylation sites (tertiary alicyclic amines) is 1. The average molecular weight is 353 g/mol. The number of carbonyl (C=O) groups is 1. The van der Waals surface area contributed by atoms with Gasteiger partial charge in [0.05, 0.1) is 0 Å². The van der Waals surface area contributed by atoms with Gasteiger partial charge in [0, 0.05) is 31.7 Å². The summed E-state index contributed by atoms with van der Waals surface area (Å²) in [4.78, 5) is 14.2. The molecule has 3 N–H and O–H groups in total. The van der Waals surface area contributed by atoms with Crippen molar-refractivity contribution in [1.29, 1.82) is 0 Å². The van der Waals surface area contributed by atoms with Crippen molar-refractivity contribution >= 4 is 23.4 Å². The van der Waals surface area contributed by atoms with E-state index in [1.165, 1.54) is 24.8 Å². The molecule has 2 rings (SSSR count). The molecule has 0 spiro atoms. The van der Waals surface area contributed by atoms with Crippen LogP contribution in [0.4, 0.5) is 4.79 Å². The lowest BCUT2D eigenvalue weighted by Gasteiger charge is -2.36. The number of piperidine rings is 1. The highest BCUT2D eigenvalue weighted by Crippen LogP contribution is 2.31. The second-order valence-electron chi connectivity index (χ2n) is 7.83. The molecule has 1 aliphatic heterocycles. The molecule has 1 atom stereocenters. The minimum atomic E-state index is -0.0295. The van der Waals surface area contributed by atoms with E-state index in [4.69, 9.17) is 12.2 Å². The number of nitrogens with one attached hydrogen (secondary N) is 3. The van der Waals surface area contributed by atoms with Crippen LogP contribution in [0.5, 0.6) is 0 Å². The van der Waals surface area contributed by atoms with Crippen LogP contribution in [-0.2, 0) is 0 Å². The highest BCUT2D eigenvalue weighted by molar-refractivity contribution is 7.80. The summed E-state index contributed by atoms with van der Waals surface area (Å²) in [5, 5.41) is 10.1. The number of rotatable bonds is 4. The van der Waals surface area contributed by atoms with E-state index in [1.54, 1.807) is 0 Å². The summed E-state index contributed by atoms with van der Waals surface area (Å²) in [6, 6.07) is 0.0651. The van der Waals surface area contributed by atoms with Crippen molar-refractivity contribution in [3.05, 3.63) is 11.6 Å². The molecule has 136 valence electrons. The van der Waals surface area contributed by atoms with E-state index in [2.05, 4.69) is 42.8 Å². The number of thiocarbonyl (C=S) groups is 1. The average Bonchev–Trinajstić information content (AvgIpc) is 2.52. The maximum absolute atomic E-state index is 12.3. The van der Waals surface area contributed by atoms with E-state index < -0.39 is 0 Å². The van der Waals surface area contributed by atoms with Crippen LogP contribution in [0.1, 0.15) is 52.9 Å². The number of amides is 2. The molecule has 1 heterocycles. The lowest BCUT2D eigenvalue weighted by Crippen LogP contribution is -2.47. The molecule has 1 fully saturated rings. The van der Waals surface area contributed by atoms with Gasteiger partial charge in [-0.25, -0.2) is 4.79 Å². The molecule has 0 aromatic rings. The first-order chi connectivity index (χ1) is 11.3. The molecule has 0 aromatic carbocycles. The standard InChI is InChI=1S/C18H32N4OS/c1-18(2,3)21-16(24)19-10-6-11-20-17(23)22-12-9-14-7-4-5-8-15(14)13-22/h8,14H,4-7,9-13H2,1-3H3,(H,20,23)(H2,19,21,24). The molecular weight excluding hydrogens is 320 g/mol. The highest BCUT2D eigenvalue weighted by Gasteiger charge is 2.27. The van der Waals surface area contributed by atoms with Crippen LogP contribution >= 0.6 is 12.2 Å². The number of carbonyl (C=O) groups excluding carboxylic acids is 1. The van der Waals surface area contributed by atoms with E-state index >= 15 is 0 Å².